The Morgan fingerprint density at radius 1 is 1.82 bits per heavy atom. The van der Waals surface area contributed by atoms with Crippen LogP contribution in [0.15, 0.2) is 23.6 Å². The number of hydrogen-bond acceptors (Lipinski definition) is 1. The van der Waals surface area contributed by atoms with Gasteiger partial charge < -0.3 is 5.11 Å². The van der Waals surface area contributed by atoms with Gasteiger partial charge in [0.15, 0.2) is 0 Å². The minimum absolute atomic E-state index is 0.00824. The highest BCUT2D eigenvalue weighted by atomic mass is 19.1. The summed E-state index contributed by atoms with van der Waals surface area (Å²) in [6.45, 7) is 1.79. The molecule has 60 valence electrons. The maximum atomic E-state index is 12.6. The van der Waals surface area contributed by atoms with Gasteiger partial charge in [-0.1, -0.05) is 13.0 Å². The van der Waals surface area contributed by atoms with Crippen molar-refractivity contribution in [3.05, 3.63) is 23.6 Å². The van der Waals surface area contributed by atoms with E-state index in [4.69, 9.17) is 5.11 Å². The first-order valence-corrected chi connectivity index (χ1v) is 3.41. The van der Waals surface area contributed by atoms with Gasteiger partial charge in [0.25, 0.3) is 0 Å². The fraction of sp³-hybridized carbons (Fsp3) is 0.375. The van der Waals surface area contributed by atoms with E-state index in [2.05, 4.69) is 0 Å². The molecule has 0 heterocycles. The number of rotatable bonds is 1. The summed E-state index contributed by atoms with van der Waals surface area (Å²) in [5.41, 5.74) is 0.0567. The highest BCUT2D eigenvalue weighted by Gasteiger charge is 2.14. The highest BCUT2D eigenvalue weighted by Crippen LogP contribution is 2.22. The maximum absolute atomic E-state index is 12.6. The van der Waals surface area contributed by atoms with Crippen LogP contribution in [0.1, 0.15) is 13.3 Å². The quantitative estimate of drug-likeness (QED) is 0.629. The highest BCUT2D eigenvalue weighted by molar-refractivity contribution is 5.90. The van der Waals surface area contributed by atoms with Crippen LogP contribution >= 0.6 is 0 Å². The standard InChI is InChI=1S/C8H9FO2/c1-5-2-6(8(10)11)4-7(9)3-5/h2,4-5H,3H2,1H3,(H,10,11). The molecule has 0 fully saturated rings. The van der Waals surface area contributed by atoms with E-state index in [-0.39, 0.29) is 17.3 Å². The summed E-state index contributed by atoms with van der Waals surface area (Å²) >= 11 is 0. The Balaban J connectivity index is 2.87. The van der Waals surface area contributed by atoms with E-state index in [1.807, 2.05) is 0 Å². The zero-order valence-electron chi connectivity index (χ0n) is 6.17. The molecule has 0 spiro atoms. The predicted molar refractivity (Wildman–Crippen MR) is 38.7 cm³/mol. The molecule has 1 aliphatic rings. The van der Waals surface area contributed by atoms with Crippen LogP contribution in [0.25, 0.3) is 0 Å². The van der Waals surface area contributed by atoms with Gasteiger partial charge >= 0.3 is 5.97 Å². The number of carboxylic acid groups (broad SMARTS) is 1. The van der Waals surface area contributed by atoms with Gasteiger partial charge in [0.05, 0.1) is 5.57 Å². The molecule has 0 saturated carbocycles. The van der Waals surface area contributed by atoms with Crippen LogP contribution in [-0.4, -0.2) is 11.1 Å². The van der Waals surface area contributed by atoms with E-state index in [9.17, 15) is 9.18 Å². The molecule has 3 heteroatoms. The van der Waals surface area contributed by atoms with Crippen LogP contribution in [0, 0.1) is 5.92 Å². The molecule has 0 saturated heterocycles. The van der Waals surface area contributed by atoms with Crippen molar-refractivity contribution in [2.45, 2.75) is 13.3 Å². The fourth-order valence-electron chi connectivity index (χ4n) is 1.08. The fourth-order valence-corrected chi connectivity index (χ4v) is 1.08. The minimum Gasteiger partial charge on any atom is -0.478 e. The molecule has 0 bridgehead atoms. The van der Waals surface area contributed by atoms with E-state index in [1.54, 1.807) is 13.0 Å². The topological polar surface area (TPSA) is 37.3 Å². The van der Waals surface area contributed by atoms with Gasteiger partial charge in [0, 0.05) is 6.42 Å². The number of allylic oxidation sites excluding steroid dienone is 2. The Bertz CT molecular complexity index is 240. The Kier molecular flexibility index (Phi) is 2.08. The third-order valence-corrected chi connectivity index (χ3v) is 1.54. The summed E-state index contributed by atoms with van der Waals surface area (Å²) in [7, 11) is 0. The Hall–Kier alpha value is -1.12. The van der Waals surface area contributed by atoms with Gasteiger partial charge in [-0.3, -0.25) is 0 Å². The smallest absolute Gasteiger partial charge is 0.335 e. The second-order valence-corrected chi connectivity index (χ2v) is 2.70. The van der Waals surface area contributed by atoms with Crippen molar-refractivity contribution in [1.29, 1.82) is 0 Å². The summed E-state index contributed by atoms with van der Waals surface area (Å²) in [6.07, 6.45) is 2.95. The van der Waals surface area contributed by atoms with Crippen LogP contribution in [-0.2, 0) is 4.79 Å². The number of carboxylic acids is 1. The van der Waals surface area contributed by atoms with E-state index >= 15 is 0 Å². The van der Waals surface area contributed by atoms with Gasteiger partial charge in [0.1, 0.15) is 5.83 Å². The van der Waals surface area contributed by atoms with Gasteiger partial charge in [0.2, 0.25) is 0 Å². The Morgan fingerprint density at radius 2 is 2.45 bits per heavy atom. The summed E-state index contributed by atoms with van der Waals surface area (Å²) < 4.78 is 12.6. The van der Waals surface area contributed by atoms with Crippen molar-refractivity contribution in [2.24, 2.45) is 5.92 Å². The normalized spacial score (nSPS) is 24.0. The summed E-state index contributed by atoms with van der Waals surface area (Å²) in [4.78, 5) is 10.4. The average molecular weight is 156 g/mol. The van der Waals surface area contributed by atoms with Crippen LogP contribution in [0.3, 0.4) is 0 Å². The molecule has 0 radical (unpaired) electrons. The third-order valence-electron chi connectivity index (χ3n) is 1.54. The molecule has 0 aromatic heterocycles. The first-order valence-electron chi connectivity index (χ1n) is 3.41. The monoisotopic (exact) mass is 156 g/mol. The third kappa shape index (κ3) is 1.90. The van der Waals surface area contributed by atoms with Crippen molar-refractivity contribution < 1.29 is 14.3 Å². The molecule has 0 amide bonds. The zero-order valence-corrected chi connectivity index (χ0v) is 6.17. The first-order chi connectivity index (χ1) is 5.09. The number of carbonyl (C=O) groups is 1. The van der Waals surface area contributed by atoms with Crippen LogP contribution < -0.4 is 0 Å². The lowest BCUT2D eigenvalue weighted by Crippen LogP contribution is -2.06. The Morgan fingerprint density at radius 3 is 2.91 bits per heavy atom. The van der Waals surface area contributed by atoms with Gasteiger partial charge in [-0.2, -0.15) is 0 Å². The Labute approximate surface area is 64.0 Å². The molecule has 1 unspecified atom stereocenters. The van der Waals surface area contributed by atoms with Crippen LogP contribution in [0.2, 0.25) is 0 Å². The number of halogens is 1. The summed E-state index contributed by atoms with van der Waals surface area (Å²) in [5, 5.41) is 8.49. The summed E-state index contributed by atoms with van der Waals surface area (Å²) in [6, 6.07) is 0. The van der Waals surface area contributed by atoms with Gasteiger partial charge in [-0.15, -0.1) is 0 Å². The second-order valence-electron chi connectivity index (χ2n) is 2.70. The molecule has 2 nitrogen and oxygen atoms in total. The van der Waals surface area contributed by atoms with Crippen LogP contribution in [0.4, 0.5) is 4.39 Å². The lowest BCUT2D eigenvalue weighted by Gasteiger charge is -2.10. The zero-order chi connectivity index (χ0) is 8.43. The number of aliphatic carboxylic acids is 1. The van der Waals surface area contributed by atoms with Crippen molar-refractivity contribution in [2.75, 3.05) is 0 Å². The van der Waals surface area contributed by atoms with Crippen LogP contribution in [0.5, 0.6) is 0 Å². The molecule has 11 heavy (non-hydrogen) atoms. The largest absolute Gasteiger partial charge is 0.478 e. The van der Waals surface area contributed by atoms with Crippen molar-refractivity contribution in [1.82, 2.24) is 0 Å². The molecule has 1 atom stereocenters. The van der Waals surface area contributed by atoms with Gasteiger partial charge in [-0.25, -0.2) is 9.18 Å². The minimum atomic E-state index is -1.06. The number of hydrogen-bond donors (Lipinski definition) is 1. The first kappa shape index (κ1) is 7.98. The molecule has 1 N–H and O–H groups in total. The molecule has 1 rings (SSSR count). The van der Waals surface area contributed by atoms with Crippen molar-refractivity contribution in [3.63, 3.8) is 0 Å². The molecular formula is C8H9FO2. The lowest BCUT2D eigenvalue weighted by molar-refractivity contribution is -0.132. The average Bonchev–Trinajstić information content (AvgIpc) is 1.85. The van der Waals surface area contributed by atoms with E-state index < -0.39 is 5.97 Å². The molecule has 0 aliphatic heterocycles. The molecule has 1 aliphatic carbocycles. The van der Waals surface area contributed by atoms with E-state index in [0.717, 1.165) is 6.08 Å². The summed E-state index contributed by atoms with van der Waals surface area (Å²) in [5.74, 6) is -1.42. The second kappa shape index (κ2) is 2.86. The maximum Gasteiger partial charge on any atom is 0.335 e. The molecular weight excluding hydrogens is 147 g/mol. The van der Waals surface area contributed by atoms with E-state index in [0.29, 0.717) is 6.42 Å². The van der Waals surface area contributed by atoms with Crippen molar-refractivity contribution in [3.8, 4) is 0 Å². The molecule has 0 aromatic carbocycles. The molecule has 0 aromatic rings. The SMILES string of the molecule is CC1C=C(C(=O)O)C=C(F)C1. The van der Waals surface area contributed by atoms with E-state index in [1.165, 1.54) is 0 Å². The predicted octanol–water partition coefficient (Wildman–Crippen LogP) is 1.89. The van der Waals surface area contributed by atoms with Gasteiger partial charge in [-0.05, 0) is 12.0 Å². The lowest BCUT2D eigenvalue weighted by atomic mass is 9.97. The van der Waals surface area contributed by atoms with Crippen molar-refractivity contribution >= 4 is 5.97 Å².